The molecule has 1 aromatic rings. The lowest BCUT2D eigenvalue weighted by Gasteiger charge is -2.25. The van der Waals surface area contributed by atoms with Crippen LogP contribution in [0.1, 0.15) is 25.6 Å². The van der Waals surface area contributed by atoms with Crippen LogP contribution in [-0.2, 0) is 11.3 Å². The number of amides is 1. The summed E-state index contributed by atoms with van der Waals surface area (Å²) in [6.45, 7) is 7.18. The largest absolute Gasteiger partial charge is 0.489 e. The number of rotatable bonds is 0. The molecule has 1 aromatic heterocycles. The summed E-state index contributed by atoms with van der Waals surface area (Å²) in [5.41, 5.74) is -0.469. The number of carbonyl (C=O) groups excluding carboxylic acids is 1. The van der Waals surface area contributed by atoms with Crippen molar-refractivity contribution in [2.75, 3.05) is 13.2 Å². The number of fused-ring (bicyclic) bond motifs is 1. The lowest BCUT2D eigenvalue weighted by Crippen LogP contribution is -2.37. The first-order valence-corrected chi connectivity index (χ1v) is 7.40. The van der Waals surface area contributed by atoms with Crippen molar-refractivity contribution < 1.29 is 14.3 Å². The quantitative estimate of drug-likeness (QED) is 0.727. The van der Waals surface area contributed by atoms with Crippen molar-refractivity contribution in [3.05, 3.63) is 14.7 Å². The molecule has 18 heavy (non-hydrogen) atoms. The first kappa shape index (κ1) is 13.7. The summed E-state index contributed by atoms with van der Waals surface area (Å²) in [4.78, 5) is 14.8. The SMILES string of the molecule is CC(C)(C)OC(=O)N1CCOc2c(Br)csc2C1. The third kappa shape index (κ3) is 3.17. The zero-order valence-electron chi connectivity index (χ0n) is 10.7. The van der Waals surface area contributed by atoms with Gasteiger partial charge in [0.25, 0.3) is 0 Å². The Hall–Kier alpha value is -0.750. The van der Waals surface area contributed by atoms with E-state index in [1.807, 2.05) is 26.2 Å². The molecule has 2 rings (SSSR count). The van der Waals surface area contributed by atoms with E-state index in [-0.39, 0.29) is 6.09 Å². The second-order valence-electron chi connectivity index (χ2n) is 5.09. The van der Waals surface area contributed by atoms with Crippen LogP contribution in [0.4, 0.5) is 4.79 Å². The molecule has 0 aromatic carbocycles. The second-order valence-corrected chi connectivity index (χ2v) is 6.90. The number of hydrogen-bond donors (Lipinski definition) is 0. The van der Waals surface area contributed by atoms with Crippen molar-refractivity contribution in [3.63, 3.8) is 0 Å². The predicted octanol–water partition coefficient (Wildman–Crippen LogP) is 3.64. The first-order chi connectivity index (χ1) is 8.37. The maximum Gasteiger partial charge on any atom is 0.410 e. The fourth-order valence-corrected chi connectivity index (χ4v) is 3.24. The Balaban J connectivity index is 2.10. The van der Waals surface area contributed by atoms with Gasteiger partial charge >= 0.3 is 6.09 Å². The molecule has 0 atom stereocenters. The Kier molecular flexibility index (Phi) is 3.87. The number of ether oxygens (including phenoxy) is 2. The molecule has 2 heterocycles. The van der Waals surface area contributed by atoms with Gasteiger partial charge in [-0.25, -0.2) is 4.79 Å². The van der Waals surface area contributed by atoms with Gasteiger partial charge in [-0.05, 0) is 36.7 Å². The van der Waals surface area contributed by atoms with E-state index < -0.39 is 5.60 Å². The minimum atomic E-state index is -0.469. The number of nitrogens with zero attached hydrogens (tertiary/aromatic N) is 1. The topological polar surface area (TPSA) is 38.8 Å². The van der Waals surface area contributed by atoms with Gasteiger partial charge in [0.2, 0.25) is 0 Å². The highest BCUT2D eigenvalue weighted by molar-refractivity contribution is 9.10. The third-order valence-electron chi connectivity index (χ3n) is 2.37. The summed E-state index contributed by atoms with van der Waals surface area (Å²) in [6.07, 6.45) is -0.288. The molecule has 6 heteroatoms. The Labute approximate surface area is 119 Å². The van der Waals surface area contributed by atoms with Crippen LogP contribution in [0.15, 0.2) is 9.85 Å². The average molecular weight is 334 g/mol. The molecule has 0 bridgehead atoms. The highest BCUT2D eigenvalue weighted by Crippen LogP contribution is 2.37. The molecule has 0 spiro atoms. The van der Waals surface area contributed by atoms with E-state index in [1.54, 1.807) is 16.2 Å². The van der Waals surface area contributed by atoms with Gasteiger partial charge in [-0.2, -0.15) is 0 Å². The molecular weight excluding hydrogens is 318 g/mol. The van der Waals surface area contributed by atoms with Crippen LogP contribution >= 0.6 is 27.3 Å². The molecule has 0 aliphatic carbocycles. The third-order valence-corrected chi connectivity index (χ3v) is 4.21. The van der Waals surface area contributed by atoms with Crippen molar-refractivity contribution in [2.24, 2.45) is 0 Å². The molecule has 0 saturated carbocycles. The smallest absolute Gasteiger partial charge is 0.410 e. The van der Waals surface area contributed by atoms with Gasteiger partial charge in [0.1, 0.15) is 18.0 Å². The van der Waals surface area contributed by atoms with E-state index in [1.165, 1.54) is 0 Å². The van der Waals surface area contributed by atoms with Gasteiger partial charge < -0.3 is 9.47 Å². The van der Waals surface area contributed by atoms with Crippen molar-refractivity contribution in [1.29, 1.82) is 0 Å². The van der Waals surface area contributed by atoms with Crippen LogP contribution < -0.4 is 4.74 Å². The Morgan fingerprint density at radius 1 is 1.56 bits per heavy atom. The summed E-state index contributed by atoms with van der Waals surface area (Å²) in [5.74, 6) is 0.853. The molecular formula is C12H16BrNO3S. The Morgan fingerprint density at radius 2 is 2.28 bits per heavy atom. The lowest BCUT2D eigenvalue weighted by molar-refractivity contribution is 0.0227. The van der Waals surface area contributed by atoms with Crippen LogP contribution in [0.25, 0.3) is 0 Å². The fourth-order valence-electron chi connectivity index (χ4n) is 1.61. The molecule has 0 radical (unpaired) electrons. The maximum atomic E-state index is 12.0. The zero-order valence-corrected chi connectivity index (χ0v) is 13.1. The normalized spacial score (nSPS) is 15.7. The maximum absolute atomic E-state index is 12.0. The lowest BCUT2D eigenvalue weighted by atomic mass is 10.2. The highest BCUT2D eigenvalue weighted by Gasteiger charge is 2.26. The predicted molar refractivity (Wildman–Crippen MR) is 74.2 cm³/mol. The van der Waals surface area contributed by atoms with E-state index in [9.17, 15) is 4.79 Å². The highest BCUT2D eigenvalue weighted by atomic mass is 79.9. The standard InChI is InChI=1S/C12H16BrNO3S/c1-12(2,3)17-11(15)14-4-5-16-10-8(13)7-18-9(10)6-14/h7H,4-6H2,1-3H3. The summed E-state index contributed by atoms with van der Waals surface area (Å²) in [6, 6.07) is 0. The number of hydrogen-bond acceptors (Lipinski definition) is 4. The molecule has 0 unspecified atom stereocenters. The second kappa shape index (κ2) is 5.09. The minimum Gasteiger partial charge on any atom is -0.489 e. The van der Waals surface area contributed by atoms with Gasteiger partial charge in [-0.15, -0.1) is 11.3 Å². The van der Waals surface area contributed by atoms with E-state index in [0.717, 1.165) is 15.1 Å². The average Bonchev–Trinajstić information content (AvgIpc) is 2.49. The Bertz CT molecular complexity index is 453. The summed E-state index contributed by atoms with van der Waals surface area (Å²) in [7, 11) is 0. The van der Waals surface area contributed by atoms with Gasteiger partial charge in [-0.1, -0.05) is 0 Å². The van der Waals surface area contributed by atoms with E-state index in [2.05, 4.69) is 15.9 Å². The molecule has 0 N–H and O–H groups in total. The summed E-state index contributed by atoms with van der Waals surface area (Å²) in [5, 5.41) is 1.98. The van der Waals surface area contributed by atoms with E-state index >= 15 is 0 Å². The van der Waals surface area contributed by atoms with Gasteiger partial charge in [0.05, 0.1) is 22.4 Å². The molecule has 4 nitrogen and oxygen atoms in total. The molecule has 1 aliphatic rings. The monoisotopic (exact) mass is 333 g/mol. The fraction of sp³-hybridized carbons (Fsp3) is 0.583. The van der Waals surface area contributed by atoms with Gasteiger partial charge in [0.15, 0.2) is 0 Å². The van der Waals surface area contributed by atoms with Crippen molar-refractivity contribution in [2.45, 2.75) is 32.9 Å². The number of thiophene rings is 1. The van der Waals surface area contributed by atoms with Gasteiger partial charge in [-0.3, -0.25) is 4.90 Å². The summed E-state index contributed by atoms with van der Waals surface area (Å²) >= 11 is 5.03. The van der Waals surface area contributed by atoms with Crippen LogP contribution in [0.3, 0.4) is 0 Å². The van der Waals surface area contributed by atoms with Gasteiger partial charge in [0, 0.05) is 5.38 Å². The van der Waals surface area contributed by atoms with Crippen LogP contribution in [0.5, 0.6) is 5.75 Å². The summed E-state index contributed by atoms with van der Waals surface area (Å²) < 4.78 is 12.0. The minimum absolute atomic E-state index is 0.288. The molecule has 0 saturated heterocycles. The molecule has 1 amide bonds. The van der Waals surface area contributed by atoms with Crippen molar-refractivity contribution >= 4 is 33.4 Å². The zero-order chi connectivity index (χ0) is 13.3. The first-order valence-electron chi connectivity index (χ1n) is 5.73. The van der Waals surface area contributed by atoms with Crippen molar-refractivity contribution in [1.82, 2.24) is 4.90 Å². The van der Waals surface area contributed by atoms with Crippen LogP contribution in [0, 0.1) is 0 Å². The van der Waals surface area contributed by atoms with E-state index in [4.69, 9.17) is 9.47 Å². The van der Waals surface area contributed by atoms with Crippen LogP contribution in [-0.4, -0.2) is 29.7 Å². The molecule has 0 fully saturated rings. The van der Waals surface area contributed by atoms with E-state index in [0.29, 0.717) is 19.7 Å². The Morgan fingerprint density at radius 3 is 2.94 bits per heavy atom. The molecule has 1 aliphatic heterocycles. The number of halogens is 1. The number of carbonyl (C=O) groups is 1. The van der Waals surface area contributed by atoms with Crippen LogP contribution in [0.2, 0.25) is 0 Å². The molecule has 100 valence electrons. The van der Waals surface area contributed by atoms with Crippen molar-refractivity contribution in [3.8, 4) is 5.75 Å².